The van der Waals surface area contributed by atoms with Gasteiger partial charge in [0.1, 0.15) is 0 Å². The van der Waals surface area contributed by atoms with Gasteiger partial charge in [-0.15, -0.1) is 6.58 Å². The van der Waals surface area contributed by atoms with Gasteiger partial charge in [-0.3, -0.25) is 0 Å². The molecule has 1 saturated carbocycles. The fourth-order valence-corrected chi connectivity index (χ4v) is 2.80. The molecular formula is C13H25N. The van der Waals surface area contributed by atoms with Crippen LogP contribution in [-0.4, -0.2) is 12.1 Å². The predicted octanol–water partition coefficient (Wildman–Crippen LogP) is 3.37. The zero-order valence-electron chi connectivity index (χ0n) is 10.1. The van der Waals surface area contributed by atoms with Gasteiger partial charge in [0.15, 0.2) is 0 Å². The topological polar surface area (TPSA) is 12.0 Å². The van der Waals surface area contributed by atoms with Crippen LogP contribution in [0.5, 0.6) is 0 Å². The Hall–Kier alpha value is -0.300. The van der Waals surface area contributed by atoms with Gasteiger partial charge in [-0.05, 0) is 37.5 Å². The molecule has 1 aliphatic carbocycles. The maximum Gasteiger partial charge on any atom is 0.0101 e. The first kappa shape index (κ1) is 11.8. The Balaban J connectivity index is 2.42. The van der Waals surface area contributed by atoms with Gasteiger partial charge < -0.3 is 5.32 Å². The van der Waals surface area contributed by atoms with Gasteiger partial charge >= 0.3 is 0 Å². The van der Waals surface area contributed by atoms with Crippen LogP contribution < -0.4 is 5.32 Å². The number of hydrogen-bond donors (Lipinski definition) is 1. The van der Waals surface area contributed by atoms with Crippen molar-refractivity contribution >= 4 is 0 Å². The molecule has 0 bridgehead atoms. The minimum atomic E-state index is 0.533. The van der Waals surface area contributed by atoms with Crippen molar-refractivity contribution in [2.75, 3.05) is 0 Å². The van der Waals surface area contributed by atoms with Crippen molar-refractivity contribution in [2.24, 2.45) is 11.3 Å². The van der Waals surface area contributed by atoms with E-state index >= 15 is 0 Å². The number of hydrogen-bond acceptors (Lipinski definition) is 1. The number of rotatable bonds is 4. The van der Waals surface area contributed by atoms with Gasteiger partial charge in [-0.1, -0.05) is 26.8 Å². The van der Waals surface area contributed by atoms with E-state index < -0.39 is 0 Å². The Morgan fingerprint density at radius 3 is 2.57 bits per heavy atom. The lowest BCUT2D eigenvalue weighted by molar-refractivity contribution is 0.355. The first-order chi connectivity index (χ1) is 6.44. The van der Waals surface area contributed by atoms with Crippen molar-refractivity contribution in [3.8, 4) is 0 Å². The molecule has 0 aliphatic heterocycles. The van der Waals surface area contributed by atoms with E-state index in [9.17, 15) is 0 Å². The van der Waals surface area contributed by atoms with Gasteiger partial charge in [0.05, 0.1) is 0 Å². The molecular weight excluding hydrogens is 170 g/mol. The minimum Gasteiger partial charge on any atom is -0.311 e. The molecule has 1 fully saturated rings. The second-order valence-corrected chi connectivity index (χ2v) is 5.75. The predicted molar refractivity (Wildman–Crippen MR) is 63.4 cm³/mol. The summed E-state index contributed by atoms with van der Waals surface area (Å²) in [6.07, 6.45) is 5.74. The van der Waals surface area contributed by atoms with E-state index in [1.807, 2.05) is 6.08 Å². The standard InChI is InChI=1S/C13H25N/c1-6-7-11(3)14-12-9-13(4,5)8-10(12)2/h6,10-12,14H,1,7-9H2,2-5H3. The molecule has 0 aromatic heterocycles. The van der Waals surface area contributed by atoms with Gasteiger partial charge in [-0.2, -0.15) is 0 Å². The molecule has 1 rings (SSSR count). The van der Waals surface area contributed by atoms with Gasteiger partial charge in [0.2, 0.25) is 0 Å². The summed E-state index contributed by atoms with van der Waals surface area (Å²) in [7, 11) is 0. The van der Waals surface area contributed by atoms with E-state index in [1.165, 1.54) is 12.8 Å². The largest absolute Gasteiger partial charge is 0.311 e. The third-order valence-corrected chi connectivity index (χ3v) is 3.35. The Morgan fingerprint density at radius 1 is 1.50 bits per heavy atom. The van der Waals surface area contributed by atoms with E-state index in [1.54, 1.807) is 0 Å². The summed E-state index contributed by atoms with van der Waals surface area (Å²) in [5, 5.41) is 3.71. The highest BCUT2D eigenvalue weighted by Gasteiger charge is 2.36. The quantitative estimate of drug-likeness (QED) is 0.678. The summed E-state index contributed by atoms with van der Waals surface area (Å²) in [5.74, 6) is 0.817. The summed E-state index contributed by atoms with van der Waals surface area (Å²) in [6.45, 7) is 13.2. The SMILES string of the molecule is C=CCC(C)NC1CC(C)(C)CC1C. The summed E-state index contributed by atoms with van der Waals surface area (Å²) in [6, 6.07) is 1.29. The first-order valence-corrected chi connectivity index (χ1v) is 5.81. The molecule has 14 heavy (non-hydrogen) atoms. The average Bonchev–Trinajstić information content (AvgIpc) is 2.25. The molecule has 3 atom stereocenters. The Kier molecular flexibility index (Phi) is 3.77. The lowest BCUT2D eigenvalue weighted by atomic mass is 9.91. The van der Waals surface area contributed by atoms with E-state index in [4.69, 9.17) is 0 Å². The molecule has 82 valence electrons. The Morgan fingerprint density at radius 2 is 2.14 bits per heavy atom. The van der Waals surface area contributed by atoms with Crippen LogP contribution in [0.25, 0.3) is 0 Å². The Labute approximate surface area is 89.0 Å². The van der Waals surface area contributed by atoms with Crippen LogP contribution in [0.1, 0.15) is 47.0 Å². The third kappa shape index (κ3) is 3.13. The van der Waals surface area contributed by atoms with Crippen LogP contribution in [0.4, 0.5) is 0 Å². The van der Waals surface area contributed by atoms with E-state index in [0.29, 0.717) is 17.5 Å². The molecule has 0 aromatic rings. The zero-order valence-corrected chi connectivity index (χ0v) is 10.1. The monoisotopic (exact) mass is 195 g/mol. The zero-order chi connectivity index (χ0) is 10.8. The van der Waals surface area contributed by atoms with Crippen molar-refractivity contribution in [3.63, 3.8) is 0 Å². The summed E-state index contributed by atoms with van der Waals surface area (Å²) in [5.41, 5.74) is 0.533. The molecule has 0 radical (unpaired) electrons. The second-order valence-electron chi connectivity index (χ2n) is 5.75. The molecule has 0 aromatic carbocycles. The average molecular weight is 195 g/mol. The van der Waals surface area contributed by atoms with Crippen LogP contribution in [0, 0.1) is 11.3 Å². The Bertz CT molecular complexity index is 195. The summed E-state index contributed by atoms with van der Waals surface area (Å²) < 4.78 is 0. The normalized spacial score (nSPS) is 32.9. The van der Waals surface area contributed by atoms with E-state index in [-0.39, 0.29) is 0 Å². The van der Waals surface area contributed by atoms with Gasteiger partial charge in [-0.25, -0.2) is 0 Å². The molecule has 0 saturated heterocycles. The highest BCUT2D eigenvalue weighted by atomic mass is 15.0. The van der Waals surface area contributed by atoms with Crippen molar-refractivity contribution in [1.82, 2.24) is 5.32 Å². The molecule has 1 aliphatic rings. The van der Waals surface area contributed by atoms with Crippen LogP contribution in [-0.2, 0) is 0 Å². The maximum absolute atomic E-state index is 3.78. The molecule has 3 unspecified atom stereocenters. The van der Waals surface area contributed by atoms with Gasteiger partial charge in [0, 0.05) is 12.1 Å². The lowest BCUT2D eigenvalue weighted by Crippen LogP contribution is -2.38. The molecule has 0 spiro atoms. The molecule has 0 amide bonds. The fraction of sp³-hybridized carbons (Fsp3) is 0.846. The molecule has 1 N–H and O–H groups in total. The fourth-order valence-electron chi connectivity index (χ4n) is 2.80. The third-order valence-electron chi connectivity index (χ3n) is 3.35. The number of nitrogens with one attached hydrogen (secondary N) is 1. The minimum absolute atomic E-state index is 0.533. The summed E-state index contributed by atoms with van der Waals surface area (Å²) >= 11 is 0. The van der Waals surface area contributed by atoms with E-state index in [0.717, 1.165) is 12.3 Å². The highest BCUT2D eigenvalue weighted by Crippen LogP contribution is 2.40. The first-order valence-electron chi connectivity index (χ1n) is 5.81. The second kappa shape index (κ2) is 4.48. The summed E-state index contributed by atoms with van der Waals surface area (Å²) in [4.78, 5) is 0. The van der Waals surface area contributed by atoms with Crippen LogP contribution in [0.3, 0.4) is 0 Å². The van der Waals surface area contributed by atoms with Crippen molar-refractivity contribution in [3.05, 3.63) is 12.7 Å². The van der Waals surface area contributed by atoms with Crippen molar-refractivity contribution in [1.29, 1.82) is 0 Å². The lowest BCUT2D eigenvalue weighted by Gasteiger charge is -2.22. The molecule has 0 heterocycles. The van der Waals surface area contributed by atoms with Gasteiger partial charge in [0.25, 0.3) is 0 Å². The molecule has 1 nitrogen and oxygen atoms in total. The molecule has 1 heteroatoms. The van der Waals surface area contributed by atoms with Crippen molar-refractivity contribution in [2.45, 2.75) is 59.0 Å². The maximum atomic E-state index is 3.78. The van der Waals surface area contributed by atoms with Crippen LogP contribution in [0.2, 0.25) is 0 Å². The van der Waals surface area contributed by atoms with E-state index in [2.05, 4.69) is 39.6 Å². The van der Waals surface area contributed by atoms with Crippen LogP contribution in [0.15, 0.2) is 12.7 Å². The smallest absolute Gasteiger partial charge is 0.0101 e. The highest BCUT2D eigenvalue weighted by molar-refractivity contribution is 4.92. The van der Waals surface area contributed by atoms with Crippen LogP contribution >= 0.6 is 0 Å². The van der Waals surface area contributed by atoms with Crippen molar-refractivity contribution < 1.29 is 0 Å².